The number of hydrogen-bond donors (Lipinski definition) is 2. The molecule has 0 spiro atoms. The Bertz CT molecular complexity index is 862. The maximum absolute atomic E-state index is 13.7. The van der Waals surface area contributed by atoms with E-state index in [1.165, 1.54) is 12.0 Å². The summed E-state index contributed by atoms with van der Waals surface area (Å²) in [5.74, 6) is -1.44. The van der Waals surface area contributed by atoms with Gasteiger partial charge in [-0.25, -0.2) is 4.79 Å². The lowest BCUT2D eigenvalue weighted by molar-refractivity contribution is -0.144. The summed E-state index contributed by atoms with van der Waals surface area (Å²) in [6, 6.07) is 5.34. The summed E-state index contributed by atoms with van der Waals surface area (Å²) in [6.45, 7) is 12.6. The highest BCUT2D eigenvalue weighted by Gasteiger charge is 2.36. The van der Waals surface area contributed by atoms with Crippen LogP contribution in [0.1, 0.15) is 65.1 Å². The number of aryl methyl sites for hydroxylation is 1. The van der Waals surface area contributed by atoms with Crippen molar-refractivity contribution in [1.29, 1.82) is 0 Å². The summed E-state index contributed by atoms with van der Waals surface area (Å²) >= 11 is 0. The molecule has 0 aromatic heterocycles. The second-order valence-corrected chi connectivity index (χ2v) is 9.51. The highest BCUT2D eigenvalue weighted by atomic mass is 16.6. The number of carbonyl (C=O) groups excluding carboxylic acids is 4. The first-order valence-corrected chi connectivity index (χ1v) is 11.5. The van der Waals surface area contributed by atoms with E-state index >= 15 is 0 Å². The molecule has 1 rings (SSSR count). The molecular formula is C25H39N3O6. The van der Waals surface area contributed by atoms with Crippen LogP contribution in [0.4, 0.5) is 4.79 Å². The van der Waals surface area contributed by atoms with E-state index in [2.05, 4.69) is 15.4 Å². The topological polar surface area (TPSA) is 114 Å². The van der Waals surface area contributed by atoms with Crippen LogP contribution in [0.3, 0.4) is 0 Å². The first-order valence-electron chi connectivity index (χ1n) is 11.5. The Balaban J connectivity index is 3.35. The lowest BCUT2D eigenvalue weighted by atomic mass is 9.96. The highest BCUT2D eigenvalue weighted by Crippen LogP contribution is 2.26. The van der Waals surface area contributed by atoms with Crippen LogP contribution in [0.25, 0.3) is 0 Å². The summed E-state index contributed by atoms with van der Waals surface area (Å²) in [5, 5.41) is 5.24. The minimum atomic E-state index is -1.00. The Morgan fingerprint density at radius 3 is 2.21 bits per heavy atom. The SMILES string of the molecule is CCN(C(=O)C(CC(C)C)NC(=O)OC(C)(C)C)C(C(=O)NCC(=O)OC)c1ccccc1C. The molecule has 0 aliphatic heterocycles. The smallest absolute Gasteiger partial charge is 0.408 e. The normalized spacial score (nSPS) is 13.0. The summed E-state index contributed by atoms with van der Waals surface area (Å²) in [4.78, 5) is 52.5. The number of carbonyl (C=O) groups is 4. The van der Waals surface area contributed by atoms with E-state index in [0.29, 0.717) is 12.0 Å². The fourth-order valence-corrected chi connectivity index (χ4v) is 3.48. The minimum absolute atomic E-state index is 0.0904. The number of hydrogen-bond acceptors (Lipinski definition) is 6. The van der Waals surface area contributed by atoms with Crippen LogP contribution in [0.15, 0.2) is 24.3 Å². The number of methoxy groups -OCH3 is 1. The maximum atomic E-state index is 13.7. The molecule has 9 heteroatoms. The van der Waals surface area contributed by atoms with Gasteiger partial charge in [-0.2, -0.15) is 0 Å². The van der Waals surface area contributed by atoms with E-state index in [1.807, 2.05) is 32.9 Å². The van der Waals surface area contributed by atoms with Crippen molar-refractivity contribution in [3.05, 3.63) is 35.4 Å². The maximum Gasteiger partial charge on any atom is 0.408 e. The van der Waals surface area contributed by atoms with E-state index < -0.39 is 41.6 Å². The summed E-state index contributed by atoms with van der Waals surface area (Å²) < 4.78 is 9.96. The van der Waals surface area contributed by atoms with Crippen molar-refractivity contribution >= 4 is 23.9 Å². The third-order valence-electron chi connectivity index (χ3n) is 5.00. The molecule has 0 saturated carbocycles. The van der Waals surface area contributed by atoms with Crippen LogP contribution in [0, 0.1) is 12.8 Å². The predicted molar refractivity (Wildman–Crippen MR) is 129 cm³/mol. The van der Waals surface area contributed by atoms with Gasteiger partial charge < -0.3 is 25.0 Å². The van der Waals surface area contributed by atoms with Crippen molar-refractivity contribution in [2.45, 2.75) is 72.6 Å². The van der Waals surface area contributed by atoms with Gasteiger partial charge in [-0.05, 0) is 58.1 Å². The number of benzene rings is 1. The molecule has 0 saturated heterocycles. The van der Waals surface area contributed by atoms with E-state index in [-0.39, 0.29) is 19.0 Å². The lowest BCUT2D eigenvalue weighted by Gasteiger charge is -2.34. The molecule has 1 aromatic rings. The van der Waals surface area contributed by atoms with Gasteiger partial charge in [-0.3, -0.25) is 14.4 Å². The Kier molecular flexibility index (Phi) is 11.0. The summed E-state index contributed by atoms with van der Waals surface area (Å²) in [7, 11) is 1.23. The van der Waals surface area contributed by atoms with E-state index in [4.69, 9.17) is 4.74 Å². The van der Waals surface area contributed by atoms with Crippen molar-refractivity contribution in [3.63, 3.8) is 0 Å². The highest BCUT2D eigenvalue weighted by molar-refractivity contribution is 5.93. The molecule has 3 amide bonds. The Morgan fingerprint density at radius 1 is 1.09 bits per heavy atom. The second-order valence-electron chi connectivity index (χ2n) is 9.51. The molecule has 190 valence electrons. The van der Waals surface area contributed by atoms with Crippen molar-refractivity contribution in [3.8, 4) is 0 Å². The van der Waals surface area contributed by atoms with Crippen molar-refractivity contribution in [2.24, 2.45) is 5.92 Å². The molecule has 2 unspecified atom stereocenters. The molecule has 2 atom stereocenters. The number of alkyl carbamates (subject to hydrolysis) is 1. The van der Waals surface area contributed by atoms with E-state index in [0.717, 1.165) is 5.56 Å². The van der Waals surface area contributed by atoms with Crippen LogP contribution in [-0.2, 0) is 23.9 Å². The molecule has 1 aromatic carbocycles. The molecule has 2 N–H and O–H groups in total. The molecule has 9 nitrogen and oxygen atoms in total. The van der Waals surface area contributed by atoms with Crippen molar-refractivity contribution in [1.82, 2.24) is 15.5 Å². The first-order chi connectivity index (χ1) is 15.8. The molecule has 0 aliphatic carbocycles. The Morgan fingerprint density at radius 2 is 1.71 bits per heavy atom. The molecule has 0 bridgehead atoms. The third kappa shape index (κ3) is 9.03. The molecule has 0 aliphatic rings. The zero-order chi connectivity index (χ0) is 26.1. The number of nitrogens with zero attached hydrogens (tertiary/aromatic N) is 1. The quantitative estimate of drug-likeness (QED) is 0.501. The Labute approximate surface area is 202 Å². The van der Waals surface area contributed by atoms with Crippen LogP contribution >= 0.6 is 0 Å². The lowest BCUT2D eigenvalue weighted by Crippen LogP contribution is -2.53. The van der Waals surface area contributed by atoms with Gasteiger partial charge in [0.25, 0.3) is 0 Å². The number of amides is 3. The van der Waals surface area contributed by atoms with Gasteiger partial charge in [-0.1, -0.05) is 38.1 Å². The standard InChI is InChI=1S/C25H39N3O6/c1-9-28(23(31)19(14-16(2)3)27-24(32)34-25(5,6)7)21(18-13-11-10-12-17(18)4)22(30)26-15-20(29)33-8/h10-13,16,19,21H,9,14-15H2,1-8H3,(H,26,30)(H,27,32). The summed E-state index contributed by atoms with van der Waals surface area (Å²) in [5.41, 5.74) is 0.713. The zero-order valence-corrected chi connectivity index (χ0v) is 21.6. The third-order valence-corrected chi connectivity index (χ3v) is 5.00. The predicted octanol–water partition coefficient (Wildman–Crippen LogP) is 3.11. The number of ether oxygens (including phenoxy) is 2. The summed E-state index contributed by atoms with van der Waals surface area (Å²) in [6.07, 6.45) is -0.344. The molecular weight excluding hydrogens is 438 g/mol. The zero-order valence-electron chi connectivity index (χ0n) is 21.6. The number of rotatable bonds is 10. The molecule has 0 heterocycles. The minimum Gasteiger partial charge on any atom is -0.468 e. The molecule has 0 radical (unpaired) electrons. The van der Waals surface area contributed by atoms with Crippen molar-refractivity contribution < 1.29 is 28.7 Å². The van der Waals surface area contributed by atoms with Gasteiger partial charge in [0.1, 0.15) is 24.2 Å². The fourth-order valence-electron chi connectivity index (χ4n) is 3.48. The number of nitrogens with one attached hydrogen (secondary N) is 2. The average Bonchev–Trinajstić information content (AvgIpc) is 2.73. The van der Waals surface area contributed by atoms with Gasteiger partial charge >= 0.3 is 12.1 Å². The monoisotopic (exact) mass is 477 g/mol. The van der Waals surface area contributed by atoms with Gasteiger partial charge in [0.05, 0.1) is 7.11 Å². The van der Waals surface area contributed by atoms with Crippen LogP contribution in [0.5, 0.6) is 0 Å². The van der Waals surface area contributed by atoms with Gasteiger partial charge in [0.15, 0.2) is 0 Å². The number of likely N-dealkylation sites (N-methyl/N-ethyl adjacent to an activating group) is 1. The number of esters is 1. The van der Waals surface area contributed by atoms with Crippen LogP contribution < -0.4 is 10.6 Å². The van der Waals surface area contributed by atoms with Gasteiger partial charge in [0.2, 0.25) is 11.8 Å². The second kappa shape index (κ2) is 13.0. The van der Waals surface area contributed by atoms with Crippen molar-refractivity contribution in [2.75, 3.05) is 20.2 Å². The average molecular weight is 478 g/mol. The van der Waals surface area contributed by atoms with E-state index in [1.54, 1.807) is 39.8 Å². The molecule has 0 fully saturated rings. The fraction of sp³-hybridized carbons (Fsp3) is 0.600. The Hall–Kier alpha value is -3.10. The largest absolute Gasteiger partial charge is 0.468 e. The van der Waals surface area contributed by atoms with Gasteiger partial charge in [-0.15, -0.1) is 0 Å². The van der Waals surface area contributed by atoms with Crippen LogP contribution in [0.2, 0.25) is 0 Å². The first kappa shape index (κ1) is 28.9. The van der Waals surface area contributed by atoms with Gasteiger partial charge in [0, 0.05) is 6.54 Å². The molecule has 34 heavy (non-hydrogen) atoms. The van der Waals surface area contributed by atoms with Crippen LogP contribution in [-0.4, -0.2) is 60.6 Å². The van der Waals surface area contributed by atoms with E-state index in [9.17, 15) is 19.2 Å².